The molecule has 0 aliphatic rings. The Labute approximate surface area is 83.2 Å². The minimum atomic E-state index is -3.13. The van der Waals surface area contributed by atoms with Gasteiger partial charge in [0.1, 0.15) is 0 Å². The van der Waals surface area contributed by atoms with E-state index >= 15 is 0 Å². The number of oxime groups is 1. The molecule has 7 heteroatoms. The number of sulfone groups is 1. The van der Waals surface area contributed by atoms with Crippen molar-refractivity contribution in [3.8, 4) is 0 Å². The second kappa shape index (κ2) is 5.58. The first-order chi connectivity index (χ1) is 6.39. The third-order valence-corrected chi connectivity index (χ3v) is 2.16. The topological polar surface area (TPSA) is 84.8 Å². The molecule has 0 aliphatic carbocycles. The smallest absolute Gasteiger partial charge is 0.323 e. The molecule has 0 fully saturated rings. The monoisotopic (exact) mass is 222 g/mol. The van der Waals surface area contributed by atoms with Crippen LogP contribution in [0.15, 0.2) is 5.16 Å². The lowest BCUT2D eigenvalue weighted by Gasteiger charge is -2.01. The molecule has 0 unspecified atom stereocenters. The van der Waals surface area contributed by atoms with E-state index in [9.17, 15) is 13.2 Å². The summed E-state index contributed by atoms with van der Waals surface area (Å²) in [5.41, 5.74) is 0.316. The van der Waals surface area contributed by atoms with Gasteiger partial charge in [-0.05, 0) is 6.42 Å². The van der Waals surface area contributed by atoms with Gasteiger partial charge in [-0.2, -0.15) is 0 Å². The zero-order chi connectivity index (χ0) is 11.2. The highest BCUT2D eigenvalue weighted by Crippen LogP contribution is 1.94. The molecule has 82 valence electrons. The van der Waals surface area contributed by atoms with Crippen molar-refractivity contribution in [3.05, 3.63) is 0 Å². The molecular formula is C7H14N2O4S. The van der Waals surface area contributed by atoms with Crippen molar-refractivity contribution in [2.24, 2.45) is 5.16 Å². The SMILES string of the molecule is CCC(CS(C)(=O)=O)=NOC(=O)NC. The Balaban J connectivity index is 4.34. The summed E-state index contributed by atoms with van der Waals surface area (Å²) < 4.78 is 21.8. The predicted molar refractivity (Wildman–Crippen MR) is 53.0 cm³/mol. The maximum absolute atomic E-state index is 10.9. The molecule has 1 amide bonds. The number of rotatable bonds is 4. The van der Waals surface area contributed by atoms with Gasteiger partial charge in [0.2, 0.25) is 0 Å². The van der Waals surface area contributed by atoms with Crippen molar-refractivity contribution in [1.29, 1.82) is 0 Å². The van der Waals surface area contributed by atoms with Gasteiger partial charge in [0.05, 0.1) is 11.5 Å². The number of hydrogen-bond acceptors (Lipinski definition) is 5. The van der Waals surface area contributed by atoms with Crippen LogP contribution in [-0.2, 0) is 14.7 Å². The van der Waals surface area contributed by atoms with Gasteiger partial charge in [-0.15, -0.1) is 0 Å². The molecule has 0 saturated heterocycles. The van der Waals surface area contributed by atoms with Crippen molar-refractivity contribution in [2.75, 3.05) is 19.1 Å². The largest absolute Gasteiger partial charge is 0.433 e. The number of amides is 1. The van der Waals surface area contributed by atoms with Gasteiger partial charge >= 0.3 is 6.09 Å². The maximum Gasteiger partial charge on any atom is 0.433 e. The number of carbonyl (C=O) groups is 1. The normalized spacial score (nSPS) is 12.4. The molecule has 0 heterocycles. The van der Waals surface area contributed by atoms with Gasteiger partial charge in [0.15, 0.2) is 9.84 Å². The van der Waals surface area contributed by atoms with E-state index in [1.807, 2.05) is 0 Å². The van der Waals surface area contributed by atoms with Crippen molar-refractivity contribution in [2.45, 2.75) is 13.3 Å². The van der Waals surface area contributed by atoms with E-state index in [-0.39, 0.29) is 5.75 Å². The lowest BCUT2D eigenvalue weighted by atomic mass is 10.3. The average molecular weight is 222 g/mol. The third kappa shape index (κ3) is 6.41. The lowest BCUT2D eigenvalue weighted by Crippen LogP contribution is -2.19. The molecule has 6 nitrogen and oxygen atoms in total. The molecule has 0 aromatic heterocycles. The molecular weight excluding hydrogens is 208 g/mol. The summed E-state index contributed by atoms with van der Waals surface area (Å²) in [7, 11) is -1.74. The van der Waals surface area contributed by atoms with Crippen LogP contribution < -0.4 is 5.32 Å². The summed E-state index contributed by atoms with van der Waals surface area (Å²) in [6.45, 7) is 1.73. The molecule has 0 rings (SSSR count). The van der Waals surface area contributed by atoms with E-state index in [2.05, 4.69) is 15.3 Å². The Morgan fingerprint density at radius 3 is 2.43 bits per heavy atom. The first-order valence-electron chi connectivity index (χ1n) is 4.01. The van der Waals surface area contributed by atoms with Gasteiger partial charge < -0.3 is 5.32 Å². The summed E-state index contributed by atoms with van der Waals surface area (Å²) in [4.78, 5) is 15.0. The van der Waals surface area contributed by atoms with E-state index in [1.165, 1.54) is 7.05 Å². The first-order valence-corrected chi connectivity index (χ1v) is 6.07. The summed E-state index contributed by atoms with van der Waals surface area (Å²) in [6, 6.07) is 0. The minimum absolute atomic E-state index is 0.194. The predicted octanol–water partition coefficient (Wildman–Crippen LogP) is 0.153. The van der Waals surface area contributed by atoms with E-state index in [0.717, 1.165) is 6.26 Å². The van der Waals surface area contributed by atoms with Crippen LogP contribution in [0.1, 0.15) is 13.3 Å². The molecule has 0 aliphatic heterocycles. The molecule has 0 aromatic carbocycles. The average Bonchev–Trinajstić information content (AvgIpc) is 2.09. The summed E-state index contributed by atoms with van der Waals surface area (Å²) >= 11 is 0. The first kappa shape index (κ1) is 12.9. The lowest BCUT2D eigenvalue weighted by molar-refractivity contribution is 0.153. The van der Waals surface area contributed by atoms with E-state index in [1.54, 1.807) is 6.92 Å². The zero-order valence-corrected chi connectivity index (χ0v) is 9.22. The van der Waals surface area contributed by atoms with Crippen LogP contribution in [-0.4, -0.2) is 39.3 Å². The molecule has 1 N–H and O–H groups in total. The second-order valence-electron chi connectivity index (χ2n) is 2.71. The van der Waals surface area contributed by atoms with E-state index in [4.69, 9.17) is 0 Å². The maximum atomic E-state index is 10.9. The highest BCUT2D eigenvalue weighted by Gasteiger charge is 2.08. The molecule has 0 atom stereocenters. The van der Waals surface area contributed by atoms with Gasteiger partial charge in [0, 0.05) is 13.3 Å². The molecule has 14 heavy (non-hydrogen) atoms. The minimum Gasteiger partial charge on any atom is -0.323 e. The number of nitrogens with one attached hydrogen (secondary N) is 1. The summed E-state index contributed by atoms with van der Waals surface area (Å²) in [5, 5.41) is 5.61. The Bertz CT molecular complexity index is 321. The van der Waals surface area contributed by atoms with Crippen LogP contribution in [0, 0.1) is 0 Å². The van der Waals surface area contributed by atoms with Gasteiger partial charge in [-0.3, -0.25) is 4.84 Å². The van der Waals surface area contributed by atoms with Crippen LogP contribution in [0.25, 0.3) is 0 Å². The Morgan fingerprint density at radius 2 is 2.07 bits per heavy atom. The third-order valence-electron chi connectivity index (χ3n) is 1.30. The molecule has 0 radical (unpaired) electrons. The van der Waals surface area contributed by atoms with Crippen molar-refractivity contribution < 1.29 is 18.0 Å². The number of carbonyl (C=O) groups excluding carboxylic acids is 1. The Morgan fingerprint density at radius 1 is 1.50 bits per heavy atom. The number of hydrogen-bond donors (Lipinski definition) is 1. The van der Waals surface area contributed by atoms with Crippen molar-refractivity contribution in [1.82, 2.24) is 5.32 Å². The zero-order valence-electron chi connectivity index (χ0n) is 8.40. The number of nitrogens with zero attached hydrogens (tertiary/aromatic N) is 1. The van der Waals surface area contributed by atoms with Crippen LogP contribution in [0.5, 0.6) is 0 Å². The quantitative estimate of drug-likeness (QED) is 0.417. The Hall–Kier alpha value is -1.11. The fourth-order valence-electron chi connectivity index (χ4n) is 0.647. The molecule has 0 spiro atoms. The molecule has 0 saturated carbocycles. The standard InChI is InChI=1S/C7H14N2O4S/c1-4-6(5-14(3,11)12)9-13-7(10)8-2/h4-5H2,1-3H3,(H,8,10). The highest BCUT2D eigenvalue weighted by molar-refractivity contribution is 7.91. The van der Waals surface area contributed by atoms with Crippen molar-refractivity contribution >= 4 is 21.6 Å². The van der Waals surface area contributed by atoms with Crippen LogP contribution in [0.4, 0.5) is 4.79 Å². The highest BCUT2D eigenvalue weighted by atomic mass is 32.2. The van der Waals surface area contributed by atoms with E-state index < -0.39 is 15.9 Å². The van der Waals surface area contributed by atoms with Crippen molar-refractivity contribution in [3.63, 3.8) is 0 Å². The van der Waals surface area contributed by atoms with Gasteiger partial charge in [-0.1, -0.05) is 12.1 Å². The molecule has 0 bridgehead atoms. The molecule has 0 aromatic rings. The summed E-state index contributed by atoms with van der Waals surface area (Å²) in [6.07, 6.45) is 0.798. The summed E-state index contributed by atoms with van der Waals surface area (Å²) in [5.74, 6) is -0.194. The Kier molecular flexibility index (Phi) is 5.14. The second-order valence-corrected chi connectivity index (χ2v) is 4.85. The fraction of sp³-hybridized carbons (Fsp3) is 0.714. The van der Waals surface area contributed by atoms with Crippen LogP contribution in [0.2, 0.25) is 0 Å². The van der Waals surface area contributed by atoms with Gasteiger partial charge in [-0.25, -0.2) is 13.2 Å². The van der Waals surface area contributed by atoms with Gasteiger partial charge in [0.25, 0.3) is 0 Å². The van der Waals surface area contributed by atoms with E-state index in [0.29, 0.717) is 12.1 Å². The van der Waals surface area contributed by atoms with Crippen LogP contribution >= 0.6 is 0 Å². The van der Waals surface area contributed by atoms with Crippen LogP contribution in [0.3, 0.4) is 0 Å². The fourth-order valence-corrected chi connectivity index (χ4v) is 1.51.